The molecular weight excluding hydrogens is 323 g/mol. The lowest BCUT2D eigenvalue weighted by atomic mass is 10.0. The Morgan fingerprint density at radius 1 is 1.10 bits per heavy atom. The van der Waals surface area contributed by atoms with Crippen molar-refractivity contribution in [3.8, 4) is 0 Å². The molecule has 0 unspecified atom stereocenters. The first-order valence-electron chi connectivity index (χ1n) is 6.05. The quantitative estimate of drug-likeness (QED) is 0.793. The van der Waals surface area contributed by atoms with Crippen LogP contribution >= 0.6 is 15.9 Å². The highest BCUT2D eigenvalue weighted by Crippen LogP contribution is 2.22. The molecule has 0 aromatic heterocycles. The lowest BCUT2D eigenvalue weighted by Crippen LogP contribution is -2.04. The maximum Gasteiger partial charge on any atom is 0.194 e. The molecule has 0 spiro atoms. The number of benzene rings is 2. The van der Waals surface area contributed by atoms with E-state index in [1.165, 1.54) is 31.2 Å². The third-order valence-corrected chi connectivity index (χ3v) is 3.49. The smallest absolute Gasteiger partial charge is 0.194 e. The van der Waals surface area contributed by atoms with Gasteiger partial charge in [-0.3, -0.25) is 9.59 Å². The molecule has 0 aliphatic heterocycles. The van der Waals surface area contributed by atoms with Crippen LogP contribution in [0.2, 0.25) is 0 Å². The Morgan fingerprint density at radius 3 is 2.30 bits per heavy atom. The summed E-state index contributed by atoms with van der Waals surface area (Å²) in [6, 6.07) is 10.6. The number of ketones is 2. The van der Waals surface area contributed by atoms with Crippen molar-refractivity contribution in [2.75, 3.05) is 0 Å². The van der Waals surface area contributed by atoms with Crippen LogP contribution in [-0.2, 0) is 11.2 Å². The number of Topliss-reactive ketones (excluding diaryl/α,β-unsaturated/α-hetero) is 1. The molecule has 0 saturated heterocycles. The standard InChI is InChI=1S/C16H12BrFO2/c1-10(19)8-11-2-7-14(15(17)9-11)16(20)12-3-5-13(18)6-4-12/h2-7,9H,8H2,1H3. The van der Waals surface area contributed by atoms with Gasteiger partial charge in [-0.05, 0) is 48.9 Å². The molecule has 0 atom stereocenters. The van der Waals surface area contributed by atoms with Gasteiger partial charge < -0.3 is 0 Å². The Bertz CT molecular complexity index is 663. The molecule has 4 heteroatoms. The molecule has 0 aliphatic rings. The molecule has 0 bridgehead atoms. The van der Waals surface area contributed by atoms with E-state index in [1.807, 2.05) is 0 Å². The lowest BCUT2D eigenvalue weighted by molar-refractivity contribution is -0.116. The number of carbonyl (C=O) groups is 2. The van der Waals surface area contributed by atoms with Crippen molar-refractivity contribution in [2.24, 2.45) is 0 Å². The van der Waals surface area contributed by atoms with Crippen molar-refractivity contribution >= 4 is 27.5 Å². The van der Waals surface area contributed by atoms with Crippen LogP contribution in [0.15, 0.2) is 46.9 Å². The number of hydrogen-bond acceptors (Lipinski definition) is 2. The molecule has 2 nitrogen and oxygen atoms in total. The van der Waals surface area contributed by atoms with Gasteiger partial charge in [0.2, 0.25) is 0 Å². The summed E-state index contributed by atoms with van der Waals surface area (Å²) in [7, 11) is 0. The normalized spacial score (nSPS) is 10.3. The SMILES string of the molecule is CC(=O)Cc1ccc(C(=O)c2ccc(F)cc2)c(Br)c1. The van der Waals surface area contributed by atoms with Crippen LogP contribution in [0.3, 0.4) is 0 Å². The zero-order chi connectivity index (χ0) is 14.7. The molecule has 2 aromatic carbocycles. The van der Waals surface area contributed by atoms with E-state index in [1.54, 1.807) is 18.2 Å². The van der Waals surface area contributed by atoms with Gasteiger partial charge >= 0.3 is 0 Å². The predicted molar refractivity (Wildman–Crippen MR) is 78.4 cm³/mol. The fourth-order valence-corrected chi connectivity index (χ4v) is 2.50. The van der Waals surface area contributed by atoms with E-state index >= 15 is 0 Å². The van der Waals surface area contributed by atoms with Gasteiger partial charge in [-0.2, -0.15) is 0 Å². The van der Waals surface area contributed by atoms with Gasteiger partial charge in [0.1, 0.15) is 11.6 Å². The predicted octanol–water partition coefficient (Wildman–Crippen LogP) is 3.95. The van der Waals surface area contributed by atoms with Crippen LogP contribution in [0.4, 0.5) is 4.39 Å². The summed E-state index contributed by atoms with van der Waals surface area (Å²) in [5.74, 6) is -0.502. The molecule has 0 fully saturated rings. The largest absolute Gasteiger partial charge is 0.300 e. The molecule has 0 amide bonds. The summed E-state index contributed by atoms with van der Waals surface area (Å²) < 4.78 is 13.5. The Kier molecular flexibility index (Phi) is 4.45. The van der Waals surface area contributed by atoms with E-state index in [0.29, 0.717) is 22.0 Å². The molecule has 2 aromatic rings. The van der Waals surface area contributed by atoms with Gasteiger partial charge in [-0.15, -0.1) is 0 Å². The monoisotopic (exact) mass is 334 g/mol. The van der Waals surface area contributed by atoms with Gasteiger partial charge in [0, 0.05) is 22.0 Å². The van der Waals surface area contributed by atoms with Crippen molar-refractivity contribution in [2.45, 2.75) is 13.3 Å². The van der Waals surface area contributed by atoms with Gasteiger partial charge in [0.25, 0.3) is 0 Å². The maximum atomic E-state index is 12.9. The fourth-order valence-electron chi connectivity index (χ4n) is 1.90. The van der Waals surface area contributed by atoms with Crippen molar-refractivity contribution in [3.05, 3.63) is 69.4 Å². The van der Waals surface area contributed by atoms with Crippen LogP contribution in [0.1, 0.15) is 28.4 Å². The Hall–Kier alpha value is -1.81. The van der Waals surface area contributed by atoms with Gasteiger partial charge in [-0.25, -0.2) is 4.39 Å². The van der Waals surface area contributed by atoms with Gasteiger partial charge in [0.15, 0.2) is 5.78 Å². The molecule has 0 N–H and O–H groups in total. The Balaban J connectivity index is 2.31. The highest BCUT2D eigenvalue weighted by atomic mass is 79.9. The Labute approximate surface area is 124 Å². The average Bonchev–Trinajstić information content (AvgIpc) is 2.38. The summed E-state index contributed by atoms with van der Waals surface area (Å²) in [4.78, 5) is 23.4. The number of rotatable bonds is 4. The van der Waals surface area contributed by atoms with Crippen LogP contribution in [0, 0.1) is 5.82 Å². The van der Waals surface area contributed by atoms with Crippen LogP contribution in [0.5, 0.6) is 0 Å². The molecule has 0 heterocycles. The number of halogens is 2. The van der Waals surface area contributed by atoms with E-state index in [4.69, 9.17) is 0 Å². The molecule has 0 radical (unpaired) electrons. The minimum Gasteiger partial charge on any atom is -0.300 e. The molecule has 2 rings (SSSR count). The maximum absolute atomic E-state index is 12.9. The number of carbonyl (C=O) groups excluding carboxylic acids is 2. The Morgan fingerprint density at radius 2 is 1.75 bits per heavy atom. The first-order valence-corrected chi connectivity index (χ1v) is 6.85. The minimum atomic E-state index is -0.377. The van der Waals surface area contributed by atoms with E-state index in [-0.39, 0.29) is 17.4 Å². The summed E-state index contributed by atoms with van der Waals surface area (Å²) in [6.45, 7) is 1.52. The topological polar surface area (TPSA) is 34.1 Å². The number of hydrogen-bond donors (Lipinski definition) is 0. The summed E-state index contributed by atoms with van der Waals surface area (Å²) in [5.41, 5.74) is 1.76. The van der Waals surface area contributed by atoms with Crippen molar-refractivity contribution in [3.63, 3.8) is 0 Å². The van der Waals surface area contributed by atoms with E-state index in [9.17, 15) is 14.0 Å². The zero-order valence-corrected chi connectivity index (χ0v) is 12.4. The second-order valence-electron chi connectivity index (χ2n) is 4.53. The third-order valence-electron chi connectivity index (χ3n) is 2.84. The van der Waals surface area contributed by atoms with E-state index < -0.39 is 0 Å². The van der Waals surface area contributed by atoms with Crippen molar-refractivity contribution < 1.29 is 14.0 Å². The second-order valence-corrected chi connectivity index (χ2v) is 5.38. The van der Waals surface area contributed by atoms with Crippen LogP contribution in [0.25, 0.3) is 0 Å². The second kappa shape index (κ2) is 6.09. The third kappa shape index (κ3) is 3.39. The molecule has 0 saturated carbocycles. The summed E-state index contributed by atoms with van der Waals surface area (Å²) >= 11 is 3.34. The van der Waals surface area contributed by atoms with Gasteiger partial charge in [-0.1, -0.05) is 22.0 Å². The van der Waals surface area contributed by atoms with Crippen LogP contribution < -0.4 is 0 Å². The summed E-state index contributed by atoms with van der Waals surface area (Å²) in [6.07, 6.45) is 0.337. The molecular formula is C16H12BrFO2. The molecule has 20 heavy (non-hydrogen) atoms. The lowest BCUT2D eigenvalue weighted by Gasteiger charge is -2.06. The highest BCUT2D eigenvalue weighted by molar-refractivity contribution is 9.10. The van der Waals surface area contributed by atoms with Crippen molar-refractivity contribution in [1.29, 1.82) is 0 Å². The average molecular weight is 335 g/mol. The van der Waals surface area contributed by atoms with Crippen LogP contribution in [-0.4, -0.2) is 11.6 Å². The highest BCUT2D eigenvalue weighted by Gasteiger charge is 2.13. The summed E-state index contributed by atoms with van der Waals surface area (Å²) in [5, 5.41) is 0. The van der Waals surface area contributed by atoms with E-state index in [2.05, 4.69) is 15.9 Å². The minimum absolute atomic E-state index is 0.0644. The molecule has 102 valence electrons. The van der Waals surface area contributed by atoms with E-state index in [0.717, 1.165) is 5.56 Å². The van der Waals surface area contributed by atoms with Gasteiger partial charge in [0.05, 0.1) is 0 Å². The zero-order valence-electron chi connectivity index (χ0n) is 10.8. The first-order chi connectivity index (χ1) is 9.47. The van der Waals surface area contributed by atoms with Crippen molar-refractivity contribution in [1.82, 2.24) is 0 Å². The fraction of sp³-hybridized carbons (Fsp3) is 0.125. The first kappa shape index (κ1) is 14.6. The molecule has 0 aliphatic carbocycles.